The fraction of sp³-hybridized carbons (Fsp3) is 0.538. The van der Waals surface area contributed by atoms with Crippen LogP contribution in [0.1, 0.15) is 30.5 Å². The molecule has 96 valence electrons. The molecular weight excluding hydrogens is 219 g/mol. The van der Waals surface area contributed by atoms with Crippen LogP contribution in [-0.4, -0.2) is 13.7 Å². The molecule has 0 aliphatic heterocycles. The molecule has 0 fully saturated rings. The number of nitrogens with one attached hydrogen (secondary N) is 1. The zero-order valence-corrected chi connectivity index (χ0v) is 10.7. The molecule has 0 saturated carbocycles. The predicted molar refractivity (Wildman–Crippen MR) is 66.9 cm³/mol. The van der Waals surface area contributed by atoms with E-state index in [1.54, 1.807) is 13.2 Å². The maximum Gasteiger partial charge on any atom is 0.128 e. The van der Waals surface area contributed by atoms with Gasteiger partial charge in [-0.15, -0.1) is 0 Å². The molecular formula is C13H21FN2O. The fourth-order valence-electron chi connectivity index (χ4n) is 1.97. The molecule has 0 saturated heterocycles. The standard InChI is InChI=1S/C13H21FN2O/c1-9-4-5-12(14)11(6-9)13(16-15)7-10(2)8-17-3/h4-6,10,13,16H,7-8,15H2,1-3H3. The van der Waals surface area contributed by atoms with Crippen LogP contribution < -0.4 is 11.3 Å². The Bertz CT molecular complexity index is 357. The van der Waals surface area contributed by atoms with Crippen molar-refractivity contribution in [1.82, 2.24) is 5.43 Å². The van der Waals surface area contributed by atoms with Gasteiger partial charge in [0.2, 0.25) is 0 Å². The first-order chi connectivity index (χ1) is 8.08. The first-order valence-corrected chi connectivity index (χ1v) is 5.79. The summed E-state index contributed by atoms with van der Waals surface area (Å²) in [6, 6.07) is 4.89. The SMILES string of the molecule is COCC(C)CC(NN)c1cc(C)ccc1F. The highest BCUT2D eigenvalue weighted by molar-refractivity contribution is 5.26. The summed E-state index contributed by atoms with van der Waals surface area (Å²) in [5.74, 6) is 5.61. The first-order valence-electron chi connectivity index (χ1n) is 5.79. The van der Waals surface area contributed by atoms with Crippen LogP contribution in [-0.2, 0) is 4.74 Å². The minimum absolute atomic E-state index is 0.181. The first kappa shape index (κ1) is 14.1. The van der Waals surface area contributed by atoms with Gasteiger partial charge in [0.25, 0.3) is 0 Å². The van der Waals surface area contributed by atoms with Crippen molar-refractivity contribution in [2.75, 3.05) is 13.7 Å². The highest BCUT2D eigenvalue weighted by Gasteiger charge is 2.17. The van der Waals surface area contributed by atoms with Crippen molar-refractivity contribution >= 4 is 0 Å². The Labute approximate surface area is 102 Å². The Kier molecular flexibility index (Phi) is 5.55. The largest absolute Gasteiger partial charge is 0.384 e. The Balaban J connectivity index is 2.82. The molecule has 0 radical (unpaired) electrons. The summed E-state index contributed by atoms with van der Waals surface area (Å²) < 4.78 is 18.8. The number of benzene rings is 1. The van der Waals surface area contributed by atoms with Crippen molar-refractivity contribution in [1.29, 1.82) is 0 Å². The lowest BCUT2D eigenvalue weighted by atomic mass is 9.95. The number of methoxy groups -OCH3 is 1. The molecule has 1 aromatic rings. The topological polar surface area (TPSA) is 47.3 Å². The van der Waals surface area contributed by atoms with Crippen LogP contribution in [0, 0.1) is 18.7 Å². The molecule has 0 spiro atoms. The number of hydrazine groups is 1. The maximum atomic E-state index is 13.7. The Morgan fingerprint density at radius 1 is 1.47 bits per heavy atom. The second-order valence-corrected chi connectivity index (χ2v) is 4.54. The van der Waals surface area contributed by atoms with E-state index in [0.29, 0.717) is 18.1 Å². The molecule has 1 rings (SSSR count). The number of halogens is 1. The summed E-state index contributed by atoms with van der Waals surface area (Å²) in [5.41, 5.74) is 4.33. The third kappa shape index (κ3) is 4.07. The number of nitrogens with two attached hydrogens (primary N) is 1. The van der Waals surface area contributed by atoms with Crippen LogP contribution in [0.3, 0.4) is 0 Å². The van der Waals surface area contributed by atoms with Gasteiger partial charge in [-0.05, 0) is 25.3 Å². The molecule has 0 aliphatic carbocycles. The highest BCUT2D eigenvalue weighted by Crippen LogP contribution is 2.24. The van der Waals surface area contributed by atoms with E-state index in [9.17, 15) is 4.39 Å². The van der Waals surface area contributed by atoms with Gasteiger partial charge in [-0.2, -0.15) is 0 Å². The summed E-state index contributed by atoms with van der Waals surface area (Å²) in [4.78, 5) is 0. The average molecular weight is 240 g/mol. The molecule has 2 unspecified atom stereocenters. The molecule has 1 aromatic carbocycles. The average Bonchev–Trinajstić information content (AvgIpc) is 2.30. The molecule has 0 amide bonds. The lowest BCUT2D eigenvalue weighted by Crippen LogP contribution is -2.30. The zero-order chi connectivity index (χ0) is 12.8. The van der Waals surface area contributed by atoms with Crippen molar-refractivity contribution in [3.05, 3.63) is 35.1 Å². The minimum atomic E-state index is -0.219. The number of hydrogen-bond acceptors (Lipinski definition) is 3. The molecule has 0 heterocycles. The summed E-state index contributed by atoms with van der Waals surface area (Å²) in [6.07, 6.45) is 0.741. The highest BCUT2D eigenvalue weighted by atomic mass is 19.1. The number of ether oxygens (including phenoxy) is 1. The monoisotopic (exact) mass is 240 g/mol. The summed E-state index contributed by atoms with van der Waals surface area (Å²) in [5, 5.41) is 0. The van der Waals surface area contributed by atoms with Crippen LogP contribution in [0.25, 0.3) is 0 Å². The van der Waals surface area contributed by atoms with Gasteiger partial charge in [-0.3, -0.25) is 11.3 Å². The van der Waals surface area contributed by atoms with Gasteiger partial charge in [0.15, 0.2) is 0 Å². The summed E-state index contributed by atoms with van der Waals surface area (Å²) in [7, 11) is 1.66. The van der Waals surface area contributed by atoms with Crippen LogP contribution in [0.4, 0.5) is 4.39 Å². The van der Waals surface area contributed by atoms with Crippen molar-refractivity contribution in [2.45, 2.75) is 26.3 Å². The predicted octanol–water partition coefficient (Wildman–Crippen LogP) is 2.31. The lowest BCUT2D eigenvalue weighted by molar-refractivity contribution is 0.149. The van der Waals surface area contributed by atoms with E-state index in [4.69, 9.17) is 10.6 Å². The van der Waals surface area contributed by atoms with E-state index in [1.165, 1.54) is 6.07 Å². The number of hydrogen-bond donors (Lipinski definition) is 2. The Morgan fingerprint density at radius 3 is 2.76 bits per heavy atom. The maximum absolute atomic E-state index is 13.7. The molecule has 2 atom stereocenters. The van der Waals surface area contributed by atoms with E-state index in [-0.39, 0.29) is 11.9 Å². The molecule has 3 nitrogen and oxygen atoms in total. The quantitative estimate of drug-likeness (QED) is 0.592. The van der Waals surface area contributed by atoms with E-state index in [0.717, 1.165) is 12.0 Å². The fourth-order valence-corrected chi connectivity index (χ4v) is 1.97. The number of rotatable bonds is 6. The van der Waals surface area contributed by atoms with Crippen molar-refractivity contribution in [3.8, 4) is 0 Å². The van der Waals surface area contributed by atoms with Gasteiger partial charge < -0.3 is 4.74 Å². The molecule has 17 heavy (non-hydrogen) atoms. The summed E-state index contributed by atoms with van der Waals surface area (Å²) in [6.45, 7) is 4.64. The molecule has 0 aliphatic rings. The lowest BCUT2D eigenvalue weighted by Gasteiger charge is -2.21. The minimum Gasteiger partial charge on any atom is -0.384 e. The van der Waals surface area contributed by atoms with Gasteiger partial charge in [-0.1, -0.05) is 24.6 Å². The van der Waals surface area contributed by atoms with Crippen LogP contribution in [0.2, 0.25) is 0 Å². The van der Waals surface area contributed by atoms with Gasteiger partial charge in [0.1, 0.15) is 5.82 Å². The molecule has 0 aromatic heterocycles. The van der Waals surface area contributed by atoms with Crippen LogP contribution in [0.15, 0.2) is 18.2 Å². The van der Waals surface area contributed by atoms with Gasteiger partial charge in [0.05, 0.1) is 0 Å². The van der Waals surface area contributed by atoms with E-state index < -0.39 is 0 Å². The van der Waals surface area contributed by atoms with Crippen LogP contribution in [0.5, 0.6) is 0 Å². The second-order valence-electron chi connectivity index (χ2n) is 4.54. The van der Waals surface area contributed by atoms with Crippen molar-refractivity contribution in [3.63, 3.8) is 0 Å². The normalized spacial score (nSPS) is 14.6. The van der Waals surface area contributed by atoms with Crippen molar-refractivity contribution < 1.29 is 9.13 Å². The Morgan fingerprint density at radius 2 is 2.18 bits per heavy atom. The molecule has 4 heteroatoms. The van der Waals surface area contributed by atoms with Crippen LogP contribution >= 0.6 is 0 Å². The van der Waals surface area contributed by atoms with Gasteiger partial charge in [0, 0.05) is 25.3 Å². The van der Waals surface area contributed by atoms with E-state index >= 15 is 0 Å². The van der Waals surface area contributed by atoms with Gasteiger partial charge in [-0.25, -0.2) is 4.39 Å². The third-order valence-corrected chi connectivity index (χ3v) is 2.82. The van der Waals surface area contributed by atoms with E-state index in [1.807, 2.05) is 13.0 Å². The second kappa shape index (κ2) is 6.69. The summed E-state index contributed by atoms with van der Waals surface area (Å²) >= 11 is 0. The Hall–Kier alpha value is -0.970. The zero-order valence-electron chi connectivity index (χ0n) is 10.7. The smallest absolute Gasteiger partial charge is 0.128 e. The number of aryl methyl sites for hydroxylation is 1. The molecule has 3 N–H and O–H groups in total. The van der Waals surface area contributed by atoms with Gasteiger partial charge >= 0.3 is 0 Å². The van der Waals surface area contributed by atoms with Crippen molar-refractivity contribution in [2.24, 2.45) is 11.8 Å². The van der Waals surface area contributed by atoms with E-state index in [2.05, 4.69) is 12.3 Å². The molecule has 0 bridgehead atoms. The third-order valence-electron chi connectivity index (χ3n) is 2.82.